The predicted octanol–water partition coefficient (Wildman–Crippen LogP) is 6.61. The summed E-state index contributed by atoms with van der Waals surface area (Å²) in [4.78, 5) is 19.4. The van der Waals surface area contributed by atoms with E-state index in [4.69, 9.17) is 32.7 Å². The van der Waals surface area contributed by atoms with Crippen LogP contribution in [0.5, 0.6) is 11.5 Å². The van der Waals surface area contributed by atoms with Crippen LogP contribution in [0.4, 0.5) is 0 Å². The molecule has 2 unspecified atom stereocenters. The maximum absolute atomic E-state index is 14.0. The van der Waals surface area contributed by atoms with Gasteiger partial charge < -0.3 is 24.6 Å². The van der Waals surface area contributed by atoms with Crippen molar-refractivity contribution in [3.05, 3.63) is 57.6 Å². The summed E-state index contributed by atoms with van der Waals surface area (Å²) in [7, 11) is 3.21. The molecular weight excluding hydrogens is 557 g/mol. The van der Waals surface area contributed by atoms with E-state index in [2.05, 4.69) is 21.2 Å². The first-order chi connectivity index (χ1) is 19.9. The molecule has 2 aromatic carbocycles. The van der Waals surface area contributed by atoms with Gasteiger partial charge in [0, 0.05) is 12.1 Å². The number of carbonyl (C=O) groups is 1. The van der Waals surface area contributed by atoms with Crippen LogP contribution >= 0.6 is 23.2 Å². The van der Waals surface area contributed by atoms with Gasteiger partial charge in [0.05, 0.1) is 35.9 Å². The highest BCUT2D eigenvalue weighted by Crippen LogP contribution is 2.42. The Kier molecular flexibility index (Phi) is 10.5. The normalized spacial score (nSPS) is 25.0. The molecule has 3 aliphatic rings. The number of ether oxygens (including phenoxy) is 2. The molecule has 1 N–H and O–H groups in total. The Hall–Kier alpha value is -1.83. The van der Waals surface area contributed by atoms with Crippen LogP contribution in [0.15, 0.2) is 36.4 Å². The van der Waals surface area contributed by atoms with Gasteiger partial charge in [-0.25, -0.2) is 0 Å². The van der Waals surface area contributed by atoms with Crippen LogP contribution in [-0.2, 0) is 5.41 Å². The van der Waals surface area contributed by atoms with Gasteiger partial charge in [0.2, 0.25) is 0 Å². The number of Topliss-reactive ketones (excluding diaryl/α,β-unsaturated/α-hetero) is 1. The molecule has 2 atom stereocenters. The first kappa shape index (κ1) is 30.6. The summed E-state index contributed by atoms with van der Waals surface area (Å²) in [5.41, 5.74) is 1.57. The second-order valence-corrected chi connectivity index (χ2v) is 12.9. The van der Waals surface area contributed by atoms with E-state index >= 15 is 0 Å². The van der Waals surface area contributed by atoms with Gasteiger partial charge in [0.15, 0.2) is 5.78 Å². The smallest absolute Gasteiger partial charge is 0.183 e. The number of benzene rings is 2. The van der Waals surface area contributed by atoms with Gasteiger partial charge >= 0.3 is 0 Å². The topological polar surface area (TPSA) is 54.0 Å². The summed E-state index contributed by atoms with van der Waals surface area (Å²) >= 11 is 12.9. The third-order valence-electron chi connectivity index (χ3n) is 9.71. The van der Waals surface area contributed by atoms with Crippen LogP contribution in [0.1, 0.15) is 73.7 Å². The molecule has 0 saturated carbocycles. The van der Waals surface area contributed by atoms with Gasteiger partial charge in [-0.2, -0.15) is 0 Å². The fourth-order valence-corrected chi connectivity index (χ4v) is 7.56. The quantitative estimate of drug-likeness (QED) is 0.326. The molecule has 0 amide bonds. The van der Waals surface area contributed by atoms with Crippen molar-refractivity contribution in [3.8, 4) is 11.5 Å². The maximum atomic E-state index is 14.0. The summed E-state index contributed by atoms with van der Waals surface area (Å²) in [5.74, 6) is 1.26. The van der Waals surface area contributed by atoms with Crippen molar-refractivity contribution < 1.29 is 14.3 Å². The molecule has 0 aliphatic carbocycles. The Morgan fingerprint density at radius 1 is 0.951 bits per heavy atom. The molecule has 0 aromatic heterocycles. The lowest BCUT2D eigenvalue weighted by molar-refractivity contribution is 0.0853. The van der Waals surface area contributed by atoms with E-state index < -0.39 is 0 Å². The average molecular weight is 603 g/mol. The number of carbonyl (C=O) groups excluding carboxylic acids is 1. The number of nitrogens with zero attached hydrogens (tertiary/aromatic N) is 2. The van der Waals surface area contributed by atoms with Crippen LogP contribution < -0.4 is 14.8 Å². The number of halogens is 2. The van der Waals surface area contributed by atoms with Crippen molar-refractivity contribution in [1.82, 2.24) is 15.1 Å². The van der Waals surface area contributed by atoms with E-state index in [1.165, 1.54) is 50.8 Å². The molecule has 2 aromatic rings. The van der Waals surface area contributed by atoms with Gasteiger partial charge in [-0.1, -0.05) is 35.7 Å². The molecule has 0 spiro atoms. The molecule has 5 rings (SSSR count). The predicted molar refractivity (Wildman–Crippen MR) is 167 cm³/mol. The first-order valence-corrected chi connectivity index (χ1v) is 16.1. The number of likely N-dealkylation sites (tertiary alicyclic amines) is 2. The molecule has 3 aliphatic heterocycles. The molecule has 0 radical (unpaired) electrons. The average Bonchev–Trinajstić information content (AvgIpc) is 3.25. The summed E-state index contributed by atoms with van der Waals surface area (Å²) in [5, 5.41) is 4.71. The fourth-order valence-electron chi connectivity index (χ4n) is 7.27. The van der Waals surface area contributed by atoms with Gasteiger partial charge in [0.25, 0.3) is 0 Å². The minimum Gasteiger partial charge on any atom is -0.497 e. The lowest BCUT2D eigenvalue weighted by Crippen LogP contribution is -2.48. The van der Waals surface area contributed by atoms with E-state index in [-0.39, 0.29) is 17.2 Å². The van der Waals surface area contributed by atoms with Crippen LogP contribution in [0.3, 0.4) is 0 Å². The standard InChI is InChI=1S/C33H45Cl2N3O3/c1-40-26-8-9-27(31(22-26)41-2)32(39)30-23-33(13-6-15-36-30,24-7-10-28(34)29(35)21-24)14-20-37-18-11-25(12-19-37)38-16-4-3-5-17-38/h7-10,21-22,25,30,36H,3-6,11-20,23H2,1-2H3. The molecular formula is C33H45Cl2N3O3. The molecule has 0 bridgehead atoms. The second kappa shape index (κ2) is 14.1. The monoisotopic (exact) mass is 601 g/mol. The maximum Gasteiger partial charge on any atom is 0.183 e. The van der Waals surface area contributed by atoms with Gasteiger partial charge in [-0.15, -0.1) is 0 Å². The van der Waals surface area contributed by atoms with Crippen LogP contribution in [0.25, 0.3) is 0 Å². The number of hydrogen-bond donors (Lipinski definition) is 1. The number of nitrogens with one attached hydrogen (secondary N) is 1. The highest BCUT2D eigenvalue weighted by molar-refractivity contribution is 6.42. The Morgan fingerprint density at radius 2 is 1.73 bits per heavy atom. The molecule has 3 fully saturated rings. The van der Waals surface area contributed by atoms with Crippen LogP contribution in [0, 0.1) is 0 Å². The second-order valence-electron chi connectivity index (χ2n) is 12.1. The van der Waals surface area contributed by atoms with E-state index in [1.54, 1.807) is 20.3 Å². The Balaban J connectivity index is 1.35. The number of rotatable bonds is 9. The zero-order valence-electron chi connectivity index (χ0n) is 24.6. The third-order valence-corrected chi connectivity index (χ3v) is 10.5. The Labute approximate surface area is 255 Å². The minimum atomic E-state index is -0.334. The van der Waals surface area contributed by atoms with Crippen molar-refractivity contribution in [2.75, 3.05) is 53.5 Å². The summed E-state index contributed by atoms with van der Waals surface area (Å²) in [6.45, 7) is 6.63. The number of hydrogen-bond acceptors (Lipinski definition) is 6. The highest BCUT2D eigenvalue weighted by atomic mass is 35.5. The van der Waals surface area contributed by atoms with E-state index in [9.17, 15) is 4.79 Å². The molecule has 8 heteroatoms. The van der Waals surface area contributed by atoms with Crippen LogP contribution in [0.2, 0.25) is 10.0 Å². The van der Waals surface area contributed by atoms with Crippen LogP contribution in [-0.4, -0.2) is 81.2 Å². The van der Waals surface area contributed by atoms with E-state index in [0.29, 0.717) is 33.5 Å². The van der Waals surface area contributed by atoms with Crippen molar-refractivity contribution in [2.45, 2.75) is 75.3 Å². The molecule has 6 nitrogen and oxygen atoms in total. The summed E-state index contributed by atoms with van der Waals surface area (Å²) in [6.07, 6.45) is 10.2. The van der Waals surface area contributed by atoms with E-state index in [0.717, 1.165) is 51.5 Å². The van der Waals surface area contributed by atoms with Gasteiger partial charge in [-0.3, -0.25) is 4.79 Å². The van der Waals surface area contributed by atoms with E-state index in [1.807, 2.05) is 24.3 Å². The van der Waals surface area contributed by atoms with Crippen molar-refractivity contribution in [1.29, 1.82) is 0 Å². The lowest BCUT2D eigenvalue weighted by Gasteiger charge is -2.42. The lowest BCUT2D eigenvalue weighted by atomic mass is 9.69. The van der Waals surface area contributed by atoms with Crippen molar-refractivity contribution in [3.63, 3.8) is 0 Å². The number of piperidine rings is 2. The molecule has 3 saturated heterocycles. The first-order valence-electron chi connectivity index (χ1n) is 15.3. The molecule has 41 heavy (non-hydrogen) atoms. The highest BCUT2D eigenvalue weighted by Gasteiger charge is 2.40. The molecule has 224 valence electrons. The Bertz CT molecular complexity index is 1180. The summed E-state index contributed by atoms with van der Waals surface area (Å²) in [6, 6.07) is 11.9. The number of ketones is 1. The fraction of sp³-hybridized carbons (Fsp3) is 0.606. The third kappa shape index (κ3) is 7.22. The Morgan fingerprint density at radius 3 is 2.44 bits per heavy atom. The largest absolute Gasteiger partial charge is 0.497 e. The van der Waals surface area contributed by atoms with Crippen molar-refractivity contribution >= 4 is 29.0 Å². The van der Waals surface area contributed by atoms with Crippen molar-refractivity contribution in [2.24, 2.45) is 0 Å². The zero-order chi connectivity index (χ0) is 28.8. The van der Waals surface area contributed by atoms with Gasteiger partial charge in [-0.05, 0) is 126 Å². The van der Waals surface area contributed by atoms with Gasteiger partial charge in [0.1, 0.15) is 11.5 Å². The number of methoxy groups -OCH3 is 2. The zero-order valence-corrected chi connectivity index (χ0v) is 26.1. The summed E-state index contributed by atoms with van der Waals surface area (Å²) < 4.78 is 11.0. The molecule has 3 heterocycles. The SMILES string of the molecule is COc1ccc(C(=O)C2CC(CCN3CCC(N4CCCCC4)CC3)(c3ccc(Cl)c(Cl)c3)CCCN2)c(OC)c1. The minimum absolute atomic E-state index is 0.0539.